The Morgan fingerprint density at radius 2 is 1.85 bits per heavy atom. The molecule has 27 heavy (non-hydrogen) atoms. The van der Waals surface area contributed by atoms with Crippen LogP contribution in [-0.4, -0.2) is 58.6 Å². The Balaban J connectivity index is 2.80. The summed E-state index contributed by atoms with van der Waals surface area (Å²) in [5, 5.41) is 12.5. The number of hydroxylamine groups is 2. The van der Waals surface area contributed by atoms with Crippen molar-refractivity contribution in [1.82, 2.24) is 5.06 Å². The number of ether oxygens (including phenoxy) is 2. The molecule has 0 spiro atoms. The second kappa shape index (κ2) is 9.66. The van der Waals surface area contributed by atoms with Gasteiger partial charge in [0.1, 0.15) is 13.2 Å². The van der Waals surface area contributed by atoms with Gasteiger partial charge in [0, 0.05) is 23.1 Å². The highest BCUT2D eigenvalue weighted by Crippen LogP contribution is 2.46. The van der Waals surface area contributed by atoms with Crippen molar-refractivity contribution in [1.29, 1.82) is 0 Å². The van der Waals surface area contributed by atoms with Crippen molar-refractivity contribution in [2.45, 2.75) is 84.1 Å². The van der Waals surface area contributed by atoms with Gasteiger partial charge in [-0.2, -0.15) is 5.06 Å². The summed E-state index contributed by atoms with van der Waals surface area (Å²) in [6.45, 7) is 15.1. The molecule has 0 bridgehead atoms. The highest BCUT2D eigenvalue weighted by atomic mass is 16.7. The standard InChI is InChI=1S/C20H35NO6/c1-8-17(23)25-11-12-26-18(24)15(5)27-21-19(6,9-2)13-16(22)14(4)20(21,7)10-3/h8,14-16,22H,1,9-13H2,2-7H3. The summed E-state index contributed by atoms with van der Waals surface area (Å²) in [6, 6.07) is 0. The maximum absolute atomic E-state index is 12.3. The molecule has 1 saturated heterocycles. The first kappa shape index (κ1) is 23.6. The molecule has 5 unspecified atom stereocenters. The van der Waals surface area contributed by atoms with Gasteiger partial charge < -0.3 is 14.6 Å². The molecule has 0 saturated carbocycles. The first-order valence-corrected chi connectivity index (χ1v) is 9.66. The topological polar surface area (TPSA) is 85.3 Å². The number of carbonyl (C=O) groups is 2. The van der Waals surface area contributed by atoms with E-state index >= 15 is 0 Å². The van der Waals surface area contributed by atoms with Crippen LogP contribution in [0.4, 0.5) is 0 Å². The van der Waals surface area contributed by atoms with Crippen LogP contribution < -0.4 is 0 Å². The Labute approximate surface area is 162 Å². The molecule has 0 radical (unpaired) electrons. The molecule has 1 fully saturated rings. The fourth-order valence-corrected chi connectivity index (χ4v) is 3.59. The summed E-state index contributed by atoms with van der Waals surface area (Å²) >= 11 is 0. The Kier molecular flexibility index (Phi) is 8.45. The van der Waals surface area contributed by atoms with Crippen molar-refractivity contribution < 1.29 is 29.0 Å². The van der Waals surface area contributed by atoms with Crippen LogP contribution >= 0.6 is 0 Å². The Hall–Kier alpha value is -1.44. The van der Waals surface area contributed by atoms with Gasteiger partial charge in [-0.25, -0.2) is 9.59 Å². The molecule has 1 aliphatic rings. The van der Waals surface area contributed by atoms with Crippen LogP contribution in [0.3, 0.4) is 0 Å². The third-order valence-corrected chi connectivity index (χ3v) is 5.97. The number of aliphatic hydroxyl groups excluding tert-OH is 1. The third-order valence-electron chi connectivity index (χ3n) is 5.97. The van der Waals surface area contributed by atoms with Gasteiger partial charge in [-0.3, -0.25) is 4.84 Å². The first-order chi connectivity index (χ1) is 12.6. The molecule has 1 aliphatic heterocycles. The zero-order valence-corrected chi connectivity index (χ0v) is 17.5. The van der Waals surface area contributed by atoms with E-state index in [0.717, 1.165) is 18.9 Å². The van der Waals surface area contributed by atoms with Gasteiger partial charge in [-0.15, -0.1) is 0 Å². The van der Waals surface area contributed by atoms with Gasteiger partial charge >= 0.3 is 11.9 Å². The molecular weight excluding hydrogens is 350 g/mol. The van der Waals surface area contributed by atoms with Crippen molar-refractivity contribution in [3.63, 3.8) is 0 Å². The van der Waals surface area contributed by atoms with E-state index in [1.165, 1.54) is 0 Å². The predicted molar refractivity (Wildman–Crippen MR) is 102 cm³/mol. The van der Waals surface area contributed by atoms with Crippen molar-refractivity contribution in [3.8, 4) is 0 Å². The summed E-state index contributed by atoms with van der Waals surface area (Å²) in [5.41, 5.74) is -0.818. The molecule has 1 heterocycles. The largest absolute Gasteiger partial charge is 0.460 e. The van der Waals surface area contributed by atoms with E-state index in [1.807, 2.05) is 25.8 Å². The van der Waals surface area contributed by atoms with E-state index in [2.05, 4.69) is 20.4 Å². The molecule has 0 aliphatic carbocycles. The molecule has 156 valence electrons. The lowest BCUT2D eigenvalue weighted by atomic mass is 9.69. The number of hydrogen-bond donors (Lipinski definition) is 1. The number of nitrogens with zero attached hydrogens (tertiary/aromatic N) is 1. The van der Waals surface area contributed by atoms with Gasteiger partial charge in [0.2, 0.25) is 0 Å². The maximum atomic E-state index is 12.3. The monoisotopic (exact) mass is 385 g/mol. The number of rotatable bonds is 9. The molecule has 1 rings (SSSR count). The van der Waals surface area contributed by atoms with Gasteiger partial charge in [0.25, 0.3) is 0 Å². The normalized spacial score (nSPS) is 32.6. The molecular formula is C20H35NO6. The lowest BCUT2D eigenvalue weighted by Crippen LogP contribution is -2.68. The number of piperidine rings is 1. The summed E-state index contributed by atoms with van der Waals surface area (Å²) in [5.74, 6) is -1.10. The van der Waals surface area contributed by atoms with E-state index in [1.54, 1.807) is 6.92 Å². The fraction of sp³-hybridized carbons (Fsp3) is 0.800. The SMILES string of the molecule is C=CC(=O)OCCOC(=O)C(C)ON1C(C)(CC)CC(O)C(C)C1(C)CC. The van der Waals surface area contributed by atoms with Gasteiger partial charge in [0.05, 0.1) is 6.10 Å². The van der Waals surface area contributed by atoms with Crippen molar-refractivity contribution in [2.75, 3.05) is 13.2 Å². The van der Waals surface area contributed by atoms with Crippen LogP contribution in [0, 0.1) is 5.92 Å². The van der Waals surface area contributed by atoms with Gasteiger partial charge in [-0.05, 0) is 40.0 Å². The summed E-state index contributed by atoms with van der Waals surface area (Å²) < 4.78 is 9.93. The second-order valence-electron chi connectivity index (χ2n) is 7.70. The van der Waals surface area contributed by atoms with Crippen LogP contribution in [0.1, 0.15) is 60.8 Å². The quantitative estimate of drug-likeness (QED) is 0.371. The van der Waals surface area contributed by atoms with E-state index in [4.69, 9.17) is 14.3 Å². The minimum atomic E-state index is -0.820. The van der Waals surface area contributed by atoms with Crippen LogP contribution in [0.15, 0.2) is 12.7 Å². The molecule has 0 aromatic carbocycles. The van der Waals surface area contributed by atoms with Crippen LogP contribution in [0.5, 0.6) is 0 Å². The average molecular weight is 386 g/mol. The molecule has 1 N–H and O–H groups in total. The third kappa shape index (κ3) is 5.30. The molecule has 0 amide bonds. The minimum Gasteiger partial charge on any atom is -0.460 e. The van der Waals surface area contributed by atoms with E-state index in [9.17, 15) is 14.7 Å². The van der Waals surface area contributed by atoms with E-state index in [-0.39, 0.29) is 19.1 Å². The minimum absolute atomic E-state index is 0.0105. The van der Waals surface area contributed by atoms with Crippen LogP contribution in [0.25, 0.3) is 0 Å². The van der Waals surface area contributed by atoms with E-state index < -0.39 is 35.2 Å². The average Bonchev–Trinajstić information content (AvgIpc) is 2.66. The van der Waals surface area contributed by atoms with E-state index in [0.29, 0.717) is 6.42 Å². The Bertz CT molecular complexity index is 539. The summed E-state index contributed by atoms with van der Waals surface area (Å²) in [4.78, 5) is 29.4. The summed E-state index contributed by atoms with van der Waals surface area (Å²) in [6.07, 6.45) is 1.91. The molecule has 7 nitrogen and oxygen atoms in total. The zero-order valence-electron chi connectivity index (χ0n) is 17.5. The van der Waals surface area contributed by atoms with Gasteiger partial charge in [-0.1, -0.05) is 27.4 Å². The van der Waals surface area contributed by atoms with Crippen LogP contribution in [-0.2, 0) is 23.9 Å². The first-order valence-electron chi connectivity index (χ1n) is 9.66. The fourth-order valence-electron chi connectivity index (χ4n) is 3.59. The molecule has 0 aromatic rings. The molecule has 5 atom stereocenters. The second-order valence-corrected chi connectivity index (χ2v) is 7.70. The number of carbonyl (C=O) groups excluding carboxylic acids is 2. The van der Waals surface area contributed by atoms with Crippen LogP contribution in [0.2, 0.25) is 0 Å². The predicted octanol–water partition coefficient (Wildman–Crippen LogP) is 2.62. The Morgan fingerprint density at radius 3 is 2.37 bits per heavy atom. The molecule has 7 heteroatoms. The van der Waals surface area contributed by atoms with Gasteiger partial charge in [0.15, 0.2) is 6.10 Å². The van der Waals surface area contributed by atoms with Crippen molar-refractivity contribution in [2.24, 2.45) is 5.92 Å². The number of esters is 2. The summed E-state index contributed by atoms with van der Waals surface area (Å²) in [7, 11) is 0. The lowest BCUT2D eigenvalue weighted by Gasteiger charge is -2.58. The zero-order chi connectivity index (χ0) is 20.8. The molecule has 0 aromatic heterocycles. The van der Waals surface area contributed by atoms with Crippen molar-refractivity contribution in [3.05, 3.63) is 12.7 Å². The lowest BCUT2D eigenvalue weighted by molar-refractivity contribution is -0.331. The maximum Gasteiger partial charge on any atom is 0.337 e. The highest BCUT2D eigenvalue weighted by molar-refractivity contribution is 5.81. The highest BCUT2D eigenvalue weighted by Gasteiger charge is 2.54. The number of aliphatic hydroxyl groups is 1. The van der Waals surface area contributed by atoms with Crippen molar-refractivity contribution >= 4 is 11.9 Å². The number of hydrogen-bond acceptors (Lipinski definition) is 7. The Morgan fingerprint density at radius 1 is 1.26 bits per heavy atom. The smallest absolute Gasteiger partial charge is 0.337 e.